The molecule has 0 fully saturated rings. The van der Waals surface area contributed by atoms with Crippen LogP contribution in [0.5, 0.6) is 0 Å². The third-order valence-corrected chi connectivity index (χ3v) is 4.52. The number of carbonyl (C=O) groups is 1. The Bertz CT molecular complexity index is 735. The SMILES string of the molecule is Cc1ccc(N(CC(=O)NCc2ccc(Br)cc2)[SH](=O)=O)cc1. The number of nitrogens with one attached hydrogen (secondary N) is 1. The van der Waals surface area contributed by atoms with Gasteiger partial charge >= 0.3 is 0 Å². The number of aryl methyl sites for hydroxylation is 1. The van der Waals surface area contributed by atoms with Gasteiger partial charge in [-0.05, 0) is 36.8 Å². The first kappa shape index (κ1) is 17.5. The van der Waals surface area contributed by atoms with Crippen LogP contribution in [-0.2, 0) is 22.2 Å². The number of benzene rings is 2. The zero-order valence-corrected chi connectivity index (χ0v) is 15.0. The first-order chi connectivity index (χ1) is 11.0. The Morgan fingerprint density at radius 2 is 1.70 bits per heavy atom. The normalized spacial score (nSPS) is 10.6. The van der Waals surface area contributed by atoms with E-state index in [4.69, 9.17) is 0 Å². The second-order valence-corrected chi connectivity index (χ2v) is 6.91. The Morgan fingerprint density at radius 3 is 2.26 bits per heavy atom. The minimum Gasteiger partial charge on any atom is -0.350 e. The molecule has 1 amide bonds. The molecule has 7 heteroatoms. The molecule has 0 aliphatic carbocycles. The first-order valence-electron chi connectivity index (χ1n) is 6.95. The van der Waals surface area contributed by atoms with Crippen molar-refractivity contribution in [3.8, 4) is 0 Å². The number of amides is 1. The summed E-state index contributed by atoms with van der Waals surface area (Å²) in [5, 5.41) is 2.72. The maximum Gasteiger partial charge on any atom is 0.241 e. The van der Waals surface area contributed by atoms with E-state index >= 15 is 0 Å². The minimum absolute atomic E-state index is 0.238. The number of thiol groups is 1. The van der Waals surface area contributed by atoms with Crippen LogP contribution < -0.4 is 9.62 Å². The van der Waals surface area contributed by atoms with Crippen molar-refractivity contribution in [1.82, 2.24) is 5.32 Å². The Hall–Kier alpha value is -1.86. The molecule has 0 saturated heterocycles. The summed E-state index contributed by atoms with van der Waals surface area (Å²) in [6, 6.07) is 14.5. The number of halogens is 1. The van der Waals surface area contributed by atoms with Crippen molar-refractivity contribution in [2.45, 2.75) is 13.5 Å². The molecule has 1 N–H and O–H groups in total. The third-order valence-electron chi connectivity index (χ3n) is 3.23. The molecule has 2 rings (SSSR count). The van der Waals surface area contributed by atoms with Crippen LogP contribution in [-0.4, -0.2) is 20.9 Å². The summed E-state index contributed by atoms with van der Waals surface area (Å²) in [5.74, 6) is -0.354. The van der Waals surface area contributed by atoms with Gasteiger partial charge in [-0.3, -0.25) is 9.10 Å². The van der Waals surface area contributed by atoms with Crippen LogP contribution in [0, 0.1) is 6.92 Å². The van der Waals surface area contributed by atoms with E-state index in [-0.39, 0.29) is 12.5 Å². The van der Waals surface area contributed by atoms with E-state index in [1.165, 1.54) is 0 Å². The highest BCUT2D eigenvalue weighted by Gasteiger charge is 2.13. The topological polar surface area (TPSA) is 66.5 Å². The fraction of sp³-hybridized carbons (Fsp3) is 0.188. The highest BCUT2D eigenvalue weighted by Crippen LogP contribution is 2.15. The van der Waals surface area contributed by atoms with Crippen LogP contribution >= 0.6 is 15.9 Å². The van der Waals surface area contributed by atoms with Crippen LogP contribution in [0.2, 0.25) is 0 Å². The number of hydrogen-bond donors (Lipinski definition) is 2. The van der Waals surface area contributed by atoms with Gasteiger partial charge in [-0.25, -0.2) is 8.42 Å². The maximum absolute atomic E-state index is 12.0. The number of nitrogens with zero attached hydrogens (tertiary/aromatic N) is 1. The van der Waals surface area contributed by atoms with Gasteiger partial charge in [0.2, 0.25) is 16.8 Å². The van der Waals surface area contributed by atoms with E-state index in [9.17, 15) is 13.2 Å². The smallest absolute Gasteiger partial charge is 0.241 e. The molecule has 23 heavy (non-hydrogen) atoms. The lowest BCUT2D eigenvalue weighted by molar-refractivity contribution is -0.119. The molecule has 0 aliphatic heterocycles. The van der Waals surface area contributed by atoms with Crippen molar-refractivity contribution in [3.05, 3.63) is 64.1 Å². The fourth-order valence-electron chi connectivity index (χ4n) is 1.95. The molecule has 0 aliphatic rings. The van der Waals surface area contributed by atoms with E-state index in [1.807, 2.05) is 31.2 Å². The lowest BCUT2D eigenvalue weighted by Gasteiger charge is -2.17. The van der Waals surface area contributed by atoms with Crippen molar-refractivity contribution < 1.29 is 13.2 Å². The Kier molecular flexibility index (Phi) is 6.18. The van der Waals surface area contributed by atoms with Gasteiger partial charge in [-0.1, -0.05) is 45.8 Å². The number of anilines is 1. The van der Waals surface area contributed by atoms with Gasteiger partial charge in [-0.2, -0.15) is 0 Å². The van der Waals surface area contributed by atoms with Gasteiger partial charge in [-0.15, -0.1) is 0 Å². The molecule has 2 aromatic rings. The molecule has 122 valence electrons. The van der Waals surface area contributed by atoms with Crippen LogP contribution in [0.3, 0.4) is 0 Å². The standard InChI is InChI=1S/C16H17BrN2O3S/c1-12-2-8-15(9-3-12)19(23(21)22)11-16(20)18-10-13-4-6-14(17)7-5-13/h2-9,23H,10-11H2,1H3,(H,18,20). The monoisotopic (exact) mass is 396 g/mol. The average molecular weight is 397 g/mol. The fourth-order valence-corrected chi connectivity index (χ4v) is 2.79. The predicted molar refractivity (Wildman–Crippen MR) is 94.8 cm³/mol. The molecule has 0 radical (unpaired) electrons. The van der Waals surface area contributed by atoms with Gasteiger partial charge in [0.25, 0.3) is 0 Å². The van der Waals surface area contributed by atoms with Crippen LogP contribution in [0.4, 0.5) is 5.69 Å². The first-order valence-corrected chi connectivity index (χ1v) is 8.87. The molecule has 0 bridgehead atoms. The predicted octanol–water partition coefficient (Wildman–Crippen LogP) is 2.41. The quantitative estimate of drug-likeness (QED) is 0.736. The van der Waals surface area contributed by atoms with Gasteiger partial charge in [0.1, 0.15) is 6.54 Å². The Morgan fingerprint density at radius 1 is 1.09 bits per heavy atom. The van der Waals surface area contributed by atoms with Crippen molar-refractivity contribution in [2.75, 3.05) is 10.8 Å². The van der Waals surface area contributed by atoms with Gasteiger partial charge in [0.05, 0.1) is 5.69 Å². The van der Waals surface area contributed by atoms with E-state index in [0.29, 0.717) is 12.2 Å². The molecule has 0 heterocycles. The van der Waals surface area contributed by atoms with Gasteiger partial charge in [0.15, 0.2) is 0 Å². The van der Waals surface area contributed by atoms with Crippen LogP contribution in [0.1, 0.15) is 11.1 Å². The minimum atomic E-state index is -2.89. The summed E-state index contributed by atoms with van der Waals surface area (Å²) in [5.41, 5.74) is 2.44. The molecule has 0 aromatic heterocycles. The third kappa shape index (κ3) is 5.37. The second-order valence-electron chi connectivity index (χ2n) is 5.03. The van der Waals surface area contributed by atoms with Crippen LogP contribution in [0.15, 0.2) is 53.0 Å². The zero-order chi connectivity index (χ0) is 16.8. The highest BCUT2D eigenvalue weighted by molar-refractivity contribution is 9.10. The molecule has 0 saturated carbocycles. The van der Waals surface area contributed by atoms with Gasteiger partial charge in [0, 0.05) is 11.0 Å². The van der Waals surface area contributed by atoms with E-state index in [1.54, 1.807) is 24.3 Å². The average Bonchev–Trinajstić information content (AvgIpc) is 2.53. The number of rotatable bonds is 6. The largest absolute Gasteiger partial charge is 0.350 e. The van der Waals surface area contributed by atoms with Crippen molar-refractivity contribution in [1.29, 1.82) is 0 Å². The van der Waals surface area contributed by atoms with Crippen molar-refractivity contribution in [3.63, 3.8) is 0 Å². The molecule has 0 spiro atoms. The molecule has 2 aromatic carbocycles. The summed E-state index contributed by atoms with van der Waals surface area (Å²) in [6.07, 6.45) is 0. The zero-order valence-electron chi connectivity index (χ0n) is 12.5. The summed E-state index contributed by atoms with van der Waals surface area (Å²) in [6.45, 7) is 2.03. The molecule has 0 atom stereocenters. The summed E-state index contributed by atoms with van der Waals surface area (Å²) >= 11 is 3.34. The van der Waals surface area contributed by atoms with E-state index < -0.39 is 10.9 Å². The molecular weight excluding hydrogens is 380 g/mol. The highest BCUT2D eigenvalue weighted by atomic mass is 79.9. The molecular formula is C16H17BrN2O3S. The van der Waals surface area contributed by atoms with Crippen molar-refractivity contribution >= 4 is 38.4 Å². The summed E-state index contributed by atoms with van der Waals surface area (Å²) in [7, 11) is -2.89. The summed E-state index contributed by atoms with van der Waals surface area (Å²) in [4.78, 5) is 12.0. The van der Waals surface area contributed by atoms with E-state index in [2.05, 4.69) is 21.2 Å². The maximum atomic E-state index is 12.0. The number of hydrogen-bond acceptors (Lipinski definition) is 3. The second kappa shape index (κ2) is 8.12. The lowest BCUT2D eigenvalue weighted by Crippen LogP contribution is -2.36. The Balaban J connectivity index is 1.98. The van der Waals surface area contributed by atoms with E-state index in [0.717, 1.165) is 19.9 Å². The lowest BCUT2D eigenvalue weighted by atomic mass is 10.2. The molecule has 0 unspecified atom stereocenters. The Labute approximate surface area is 145 Å². The molecule has 5 nitrogen and oxygen atoms in total. The van der Waals surface area contributed by atoms with Crippen molar-refractivity contribution in [2.24, 2.45) is 0 Å². The summed E-state index contributed by atoms with van der Waals surface area (Å²) < 4.78 is 24.8. The number of carbonyl (C=O) groups excluding carboxylic acids is 1. The van der Waals surface area contributed by atoms with Gasteiger partial charge < -0.3 is 5.32 Å². The van der Waals surface area contributed by atoms with Crippen LogP contribution in [0.25, 0.3) is 0 Å².